The maximum Gasteiger partial charge on any atom is 0.261 e. The number of halogens is 1. The van der Waals surface area contributed by atoms with Crippen molar-refractivity contribution in [2.24, 2.45) is 0 Å². The van der Waals surface area contributed by atoms with Gasteiger partial charge in [-0.1, -0.05) is 0 Å². The first-order chi connectivity index (χ1) is 6.16. The summed E-state index contributed by atoms with van der Waals surface area (Å²) in [5.74, 6) is 0.0706. The highest BCUT2D eigenvalue weighted by Crippen LogP contribution is 2.27. The smallest absolute Gasteiger partial charge is 0.261 e. The van der Waals surface area contributed by atoms with Crippen molar-refractivity contribution < 1.29 is 4.79 Å². The quantitative estimate of drug-likeness (QED) is 0.870. The lowest BCUT2D eigenvalue weighted by Gasteiger charge is -1.98. The SMILES string of the molecule is Cc1sc(C(=O)NC2CC2)cc1Br. The van der Waals surface area contributed by atoms with Gasteiger partial charge in [-0.05, 0) is 41.8 Å². The van der Waals surface area contributed by atoms with E-state index < -0.39 is 0 Å². The summed E-state index contributed by atoms with van der Waals surface area (Å²) in [7, 11) is 0. The zero-order valence-electron chi connectivity index (χ0n) is 7.26. The second-order valence-corrected chi connectivity index (χ2v) is 5.37. The Bertz CT molecular complexity index is 324. The molecule has 0 aromatic carbocycles. The molecule has 0 saturated heterocycles. The van der Waals surface area contributed by atoms with Crippen molar-refractivity contribution in [1.29, 1.82) is 0 Å². The number of aryl methyl sites for hydroxylation is 1. The molecule has 13 heavy (non-hydrogen) atoms. The van der Waals surface area contributed by atoms with Crippen LogP contribution < -0.4 is 5.32 Å². The summed E-state index contributed by atoms with van der Waals surface area (Å²) in [6.45, 7) is 2.00. The van der Waals surface area contributed by atoms with E-state index in [1.807, 2.05) is 13.0 Å². The van der Waals surface area contributed by atoms with Crippen molar-refractivity contribution in [3.63, 3.8) is 0 Å². The Morgan fingerprint density at radius 2 is 2.38 bits per heavy atom. The minimum Gasteiger partial charge on any atom is -0.349 e. The predicted octanol–water partition coefficient (Wildman–Crippen LogP) is 2.71. The highest BCUT2D eigenvalue weighted by Gasteiger charge is 2.24. The molecule has 0 unspecified atom stereocenters. The van der Waals surface area contributed by atoms with Gasteiger partial charge in [0.05, 0.1) is 4.88 Å². The molecule has 1 N–H and O–H groups in total. The van der Waals surface area contributed by atoms with Crippen LogP contribution in [0.1, 0.15) is 27.4 Å². The van der Waals surface area contributed by atoms with Gasteiger partial charge in [-0.15, -0.1) is 11.3 Å². The van der Waals surface area contributed by atoms with Gasteiger partial charge in [-0.25, -0.2) is 0 Å². The van der Waals surface area contributed by atoms with Gasteiger partial charge in [-0.2, -0.15) is 0 Å². The Kier molecular flexibility index (Phi) is 2.43. The fourth-order valence-corrected chi connectivity index (χ4v) is 2.49. The van der Waals surface area contributed by atoms with Crippen LogP contribution >= 0.6 is 27.3 Å². The fourth-order valence-electron chi connectivity index (χ4n) is 1.06. The van der Waals surface area contributed by atoms with E-state index in [0.717, 1.165) is 27.1 Å². The lowest BCUT2D eigenvalue weighted by atomic mass is 10.4. The topological polar surface area (TPSA) is 29.1 Å². The first kappa shape index (κ1) is 9.21. The lowest BCUT2D eigenvalue weighted by Crippen LogP contribution is -2.24. The summed E-state index contributed by atoms with van der Waals surface area (Å²) >= 11 is 4.93. The molecule has 1 heterocycles. The molecule has 1 aromatic heterocycles. The minimum absolute atomic E-state index is 0.0706. The molecule has 2 rings (SSSR count). The van der Waals surface area contributed by atoms with Crippen LogP contribution in [0.4, 0.5) is 0 Å². The highest BCUT2D eigenvalue weighted by atomic mass is 79.9. The monoisotopic (exact) mass is 259 g/mol. The van der Waals surface area contributed by atoms with Crippen LogP contribution in [-0.4, -0.2) is 11.9 Å². The molecule has 1 amide bonds. The van der Waals surface area contributed by atoms with Crippen LogP contribution in [0.15, 0.2) is 10.5 Å². The summed E-state index contributed by atoms with van der Waals surface area (Å²) < 4.78 is 1.03. The number of hydrogen-bond acceptors (Lipinski definition) is 2. The number of carbonyl (C=O) groups is 1. The van der Waals surface area contributed by atoms with Crippen LogP contribution in [-0.2, 0) is 0 Å². The number of rotatable bonds is 2. The van der Waals surface area contributed by atoms with Crippen molar-refractivity contribution in [2.45, 2.75) is 25.8 Å². The second-order valence-electron chi connectivity index (χ2n) is 3.26. The Morgan fingerprint density at radius 1 is 1.69 bits per heavy atom. The fraction of sp³-hybridized carbons (Fsp3) is 0.444. The Hall–Kier alpha value is -0.350. The van der Waals surface area contributed by atoms with Gasteiger partial charge < -0.3 is 5.32 Å². The van der Waals surface area contributed by atoms with E-state index in [4.69, 9.17) is 0 Å². The van der Waals surface area contributed by atoms with Gasteiger partial charge in [0.1, 0.15) is 0 Å². The molecule has 4 heteroatoms. The zero-order valence-corrected chi connectivity index (χ0v) is 9.67. The van der Waals surface area contributed by atoms with Crippen LogP contribution in [0.25, 0.3) is 0 Å². The summed E-state index contributed by atoms with van der Waals surface area (Å²) in [6, 6.07) is 2.33. The number of carbonyl (C=O) groups excluding carboxylic acids is 1. The van der Waals surface area contributed by atoms with Crippen molar-refractivity contribution in [1.82, 2.24) is 5.32 Å². The van der Waals surface area contributed by atoms with Crippen molar-refractivity contribution in [3.05, 3.63) is 20.3 Å². The third-order valence-corrected chi connectivity index (χ3v) is 4.13. The van der Waals surface area contributed by atoms with E-state index in [1.54, 1.807) is 0 Å². The number of thiophene rings is 1. The summed E-state index contributed by atoms with van der Waals surface area (Å²) in [6.07, 6.45) is 2.27. The van der Waals surface area contributed by atoms with Gasteiger partial charge in [0.2, 0.25) is 0 Å². The molecule has 1 saturated carbocycles. The maximum absolute atomic E-state index is 11.5. The average molecular weight is 260 g/mol. The third kappa shape index (κ3) is 2.11. The van der Waals surface area contributed by atoms with Gasteiger partial charge in [0.15, 0.2) is 0 Å². The van der Waals surface area contributed by atoms with Gasteiger partial charge in [0, 0.05) is 15.4 Å². The lowest BCUT2D eigenvalue weighted by molar-refractivity contribution is 0.0955. The molecule has 0 radical (unpaired) electrons. The molecular formula is C9H10BrNOS. The molecule has 1 fully saturated rings. The largest absolute Gasteiger partial charge is 0.349 e. The van der Waals surface area contributed by atoms with E-state index in [0.29, 0.717) is 6.04 Å². The molecule has 0 aliphatic heterocycles. The minimum atomic E-state index is 0.0706. The average Bonchev–Trinajstić information content (AvgIpc) is 2.81. The van der Waals surface area contributed by atoms with E-state index in [2.05, 4.69) is 21.2 Å². The molecule has 2 nitrogen and oxygen atoms in total. The summed E-state index contributed by atoms with van der Waals surface area (Å²) in [5, 5.41) is 2.96. The molecule has 1 aromatic rings. The van der Waals surface area contributed by atoms with Crippen LogP contribution in [0, 0.1) is 6.92 Å². The molecule has 1 aliphatic rings. The first-order valence-electron chi connectivity index (χ1n) is 4.23. The normalized spacial score (nSPS) is 15.8. The van der Waals surface area contributed by atoms with E-state index in [1.165, 1.54) is 11.3 Å². The maximum atomic E-state index is 11.5. The van der Waals surface area contributed by atoms with Crippen molar-refractivity contribution in [2.75, 3.05) is 0 Å². The van der Waals surface area contributed by atoms with E-state index in [9.17, 15) is 4.79 Å². The number of hydrogen-bond donors (Lipinski definition) is 1. The molecule has 0 bridgehead atoms. The van der Waals surface area contributed by atoms with Gasteiger partial charge >= 0.3 is 0 Å². The van der Waals surface area contributed by atoms with E-state index in [-0.39, 0.29) is 5.91 Å². The number of nitrogens with one attached hydrogen (secondary N) is 1. The van der Waals surface area contributed by atoms with Gasteiger partial charge in [-0.3, -0.25) is 4.79 Å². The third-order valence-electron chi connectivity index (χ3n) is 1.99. The van der Waals surface area contributed by atoms with Crippen LogP contribution in [0.5, 0.6) is 0 Å². The van der Waals surface area contributed by atoms with E-state index >= 15 is 0 Å². The van der Waals surface area contributed by atoms with Crippen LogP contribution in [0.3, 0.4) is 0 Å². The Labute approximate surface area is 89.5 Å². The molecule has 0 atom stereocenters. The first-order valence-corrected chi connectivity index (χ1v) is 5.84. The van der Waals surface area contributed by atoms with Crippen molar-refractivity contribution in [3.8, 4) is 0 Å². The zero-order chi connectivity index (χ0) is 9.42. The summed E-state index contributed by atoms with van der Waals surface area (Å²) in [5.41, 5.74) is 0. The predicted molar refractivity (Wildman–Crippen MR) is 57.2 cm³/mol. The standard InChI is InChI=1S/C9H10BrNOS/c1-5-7(10)4-8(13-5)9(12)11-6-2-3-6/h4,6H,2-3H2,1H3,(H,11,12). The van der Waals surface area contributed by atoms with Crippen LogP contribution in [0.2, 0.25) is 0 Å². The van der Waals surface area contributed by atoms with Gasteiger partial charge in [0.25, 0.3) is 5.91 Å². The molecular weight excluding hydrogens is 250 g/mol. The molecule has 0 spiro atoms. The Morgan fingerprint density at radius 3 is 2.85 bits per heavy atom. The summed E-state index contributed by atoms with van der Waals surface area (Å²) in [4.78, 5) is 13.5. The second kappa shape index (κ2) is 3.42. The number of amides is 1. The highest BCUT2D eigenvalue weighted by molar-refractivity contribution is 9.10. The Balaban J connectivity index is 2.09. The van der Waals surface area contributed by atoms with Crippen molar-refractivity contribution >= 4 is 33.2 Å². The molecule has 70 valence electrons. The molecule has 1 aliphatic carbocycles.